The lowest BCUT2D eigenvalue weighted by Crippen LogP contribution is -2.86. The molecule has 5 heterocycles. The summed E-state index contributed by atoms with van der Waals surface area (Å²) in [7, 11) is 0. The van der Waals surface area contributed by atoms with E-state index in [1.807, 2.05) is 32.0 Å². The summed E-state index contributed by atoms with van der Waals surface area (Å²) in [5.41, 5.74) is -0.130. The fourth-order valence-corrected chi connectivity index (χ4v) is 10.5. The highest BCUT2D eigenvalue weighted by molar-refractivity contribution is 5.98. The number of aryl methyl sites for hydroxylation is 2. The average molecular weight is 1110 g/mol. The molecule has 0 radical (unpaired) electrons. The second kappa shape index (κ2) is 25.4. The molecule has 2 aliphatic rings. The second-order valence-corrected chi connectivity index (χ2v) is 20.0. The molecule has 15 N–H and O–H groups in total. The number of nitrogens with zero attached hydrogens (tertiary/aromatic N) is 2. The zero-order chi connectivity index (χ0) is 57.4. The van der Waals surface area contributed by atoms with Crippen molar-refractivity contribution >= 4 is 46.1 Å². The number of piperidine rings is 1. The number of carbonyl (C=O) groups excluding carboxylic acids is 2. The van der Waals surface area contributed by atoms with E-state index in [1.54, 1.807) is 12.3 Å². The van der Waals surface area contributed by atoms with Gasteiger partial charge in [0.15, 0.2) is 28.7 Å². The van der Waals surface area contributed by atoms with Gasteiger partial charge in [-0.25, -0.2) is 9.59 Å². The number of aromatic nitrogens is 2. The van der Waals surface area contributed by atoms with Gasteiger partial charge in [-0.3, -0.25) is 15.1 Å². The van der Waals surface area contributed by atoms with Crippen LogP contribution in [0.3, 0.4) is 0 Å². The minimum Gasteiger partial charge on any atom is -0.508 e. The number of aliphatic carboxylic acids is 1. The third kappa shape index (κ3) is 12.2. The van der Waals surface area contributed by atoms with E-state index in [1.165, 1.54) is 59.7 Å². The SMILES string of the molecule is Cc1cc(C)cc(-c2c3[nH]ccc3cn2OC2C(Oc3ccc4c(=O)c(-c5ccc(O)cc5)coc4c3)OC(C(CO)(NC(N)=NCCNC3CCNCC3)OC(=O)C(NCCC=O)C(=O)O)C(O)(CO)C2(O)C(O)CCCO)c1. The van der Waals surface area contributed by atoms with Gasteiger partial charge in [0.25, 0.3) is 0 Å². The smallest absolute Gasteiger partial charge is 0.337 e. The molecule has 2 saturated heterocycles. The van der Waals surface area contributed by atoms with Gasteiger partial charge in [0.1, 0.15) is 41.9 Å². The van der Waals surface area contributed by atoms with Crippen LogP contribution < -0.4 is 42.0 Å². The number of carboxylic acid groups (broad SMARTS) is 1. The van der Waals surface area contributed by atoms with Gasteiger partial charge < -0.3 is 95.8 Å². The highest BCUT2D eigenvalue weighted by atomic mass is 16.8. The van der Waals surface area contributed by atoms with Gasteiger partial charge in [-0.2, -0.15) is 4.73 Å². The minimum absolute atomic E-state index is 0.0264. The monoisotopic (exact) mass is 1110 g/mol. The maximum atomic E-state index is 14.3. The number of H-pyrrole nitrogens is 1. The Kier molecular flexibility index (Phi) is 18.6. The number of phenols is 1. The Bertz CT molecular complexity index is 3190. The molecule has 0 amide bonds. The van der Waals surface area contributed by atoms with Gasteiger partial charge in [0.05, 0.1) is 41.9 Å². The molecule has 0 bridgehead atoms. The third-order valence-electron chi connectivity index (χ3n) is 14.4. The maximum Gasteiger partial charge on any atom is 0.337 e. The van der Waals surface area contributed by atoms with Gasteiger partial charge in [0, 0.05) is 55.4 Å². The molecular weight excluding hydrogens is 1040 g/mol. The van der Waals surface area contributed by atoms with E-state index in [4.69, 9.17) is 29.2 Å². The van der Waals surface area contributed by atoms with Crippen LogP contribution >= 0.6 is 0 Å². The number of aromatic hydroxyl groups is 1. The van der Waals surface area contributed by atoms with Gasteiger partial charge in [-0.15, -0.1) is 0 Å². The Labute approximate surface area is 457 Å². The Hall–Kier alpha value is -7.43. The fraction of sp³-hybridized carbons (Fsp3) is 0.436. The molecule has 8 unspecified atom stereocenters. The van der Waals surface area contributed by atoms with Crippen LogP contribution in [0.4, 0.5) is 0 Å². The third-order valence-corrected chi connectivity index (χ3v) is 14.4. The molecule has 8 rings (SSSR count). The van der Waals surface area contributed by atoms with Crippen molar-refractivity contribution in [3.63, 3.8) is 0 Å². The highest BCUT2D eigenvalue weighted by Gasteiger charge is 2.75. The van der Waals surface area contributed by atoms with Crippen LogP contribution in [0, 0.1) is 13.8 Å². The number of guanidine groups is 1. The number of hydrogen-bond donors (Lipinski definition) is 14. The lowest BCUT2D eigenvalue weighted by molar-refractivity contribution is -0.400. The highest BCUT2D eigenvalue weighted by Crippen LogP contribution is 2.47. The number of aliphatic imine (C=N–C) groups is 1. The van der Waals surface area contributed by atoms with E-state index in [-0.39, 0.29) is 66.5 Å². The van der Waals surface area contributed by atoms with Crippen LogP contribution in [-0.2, 0) is 23.9 Å². The van der Waals surface area contributed by atoms with Gasteiger partial charge in [-0.05, 0) is 101 Å². The molecule has 2 fully saturated rings. The number of carboxylic acids is 1. The number of rotatable bonds is 25. The average Bonchev–Trinajstić information content (AvgIpc) is 4.07. The predicted molar refractivity (Wildman–Crippen MR) is 289 cm³/mol. The van der Waals surface area contributed by atoms with Crippen LogP contribution in [-0.4, -0.2) is 181 Å². The molecule has 0 aliphatic carbocycles. The number of aldehydes is 1. The number of phenolic OH excluding ortho intramolecular Hbond substituents is 1. The largest absolute Gasteiger partial charge is 0.508 e. The summed E-state index contributed by atoms with van der Waals surface area (Å²) in [5.74, 6) is -4.29. The maximum absolute atomic E-state index is 14.3. The minimum atomic E-state index is -3.43. The van der Waals surface area contributed by atoms with E-state index in [2.05, 4.69) is 31.2 Å². The number of benzene rings is 3. The van der Waals surface area contributed by atoms with Crippen LogP contribution in [0.1, 0.15) is 43.2 Å². The van der Waals surface area contributed by atoms with Gasteiger partial charge in [-0.1, -0.05) is 29.3 Å². The Morgan fingerprint density at radius 2 is 1.75 bits per heavy atom. The quantitative estimate of drug-likeness (QED) is 0.00684. The number of aliphatic hydroxyl groups is 6. The summed E-state index contributed by atoms with van der Waals surface area (Å²) < 4.78 is 26.3. The zero-order valence-electron chi connectivity index (χ0n) is 44.0. The van der Waals surface area contributed by atoms with Crippen molar-refractivity contribution in [3.05, 3.63) is 107 Å². The van der Waals surface area contributed by atoms with E-state index < -0.39 is 97.1 Å². The van der Waals surface area contributed by atoms with Crippen molar-refractivity contribution in [1.29, 1.82) is 0 Å². The van der Waals surface area contributed by atoms with Crippen LogP contribution in [0.5, 0.6) is 11.5 Å². The number of carbonyl (C=O) groups is 3. The van der Waals surface area contributed by atoms with Crippen LogP contribution in [0.15, 0.2) is 99.6 Å². The first-order chi connectivity index (χ1) is 38.4. The summed E-state index contributed by atoms with van der Waals surface area (Å²) in [6.45, 7) is 1.54. The molecule has 25 nitrogen and oxygen atoms in total. The lowest BCUT2D eigenvalue weighted by Gasteiger charge is -2.59. The summed E-state index contributed by atoms with van der Waals surface area (Å²) in [6, 6.07) is 15.1. The number of aliphatic hydroxyl groups excluding tert-OH is 4. The Morgan fingerprint density at radius 3 is 2.42 bits per heavy atom. The molecule has 430 valence electrons. The Balaban J connectivity index is 1.31. The van der Waals surface area contributed by atoms with Crippen molar-refractivity contribution in [3.8, 4) is 33.9 Å². The number of nitrogens with two attached hydrogens (primary N) is 1. The number of aromatic amines is 1. The molecule has 2 aliphatic heterocycles. The van der Waals surface area contributed by atoms with Crippen molar-refractivity contribution in [2.45, 2.75) is 99.6 Å². The topological polar surface area (TPSA) is 387 Å². The molecule has 6 aromatic rings. The fourth-order valence-electron chi connectivity index (χ4n) is 10.5. The van der Waals surface area contributed by atoms with Crippen molar-refractivity contribution in [1.82, 2.24) is 31.0 Å². The second-order valence-electron chi connectivity index (χ2n) is 20.0. The van der Waals surface area contributed by atoms with E-state index in [0.29, 0.717) is 34.0 Å². The molecule has 8 atom stereocenters. The molecule has 80 heavy (non-hydrogen) atoms. The number of nitrogens with one attached hydrogen (secondary N) is 5. The summed E-state index contributed by atoms with van der Waals surface area (Å²) in [5, 5.41) is 106. The normalized spacial score (nSPS) is 22.4. The van der Waals surface area contributed by atoms with Crippen LogP contribution in [0.2, 0.25) is 0 Å². The first kappa shape index (κ1) is 58.7. The van der Waals surface area contributed by atoms with E-state index in [9.17, 15) is 60.0 Å². The number of fused-ring (bicyclic) bond motifs is 2. The van der Waals surface area contributed by atoms with Crippen molar-refractivity contribution < 1.29 is 78.7 Å². The molecule has 25 heteroatoms. The number of hydrogen-bond acceptors (Lipinski definition) is 20. The lowest BCUT2D eigenvalue weighted by atomic mass is 9.66. The summed E-state index contributed by atoms with van der Waals surface area (Å²) in [4.78, 5) is 66.6. The standard InChI is InChI=1S/C55H68N8O17/c1-31-23-32(2)25-35(24-31)45-43-34(12-18-60-43)27-63(45)80-47-50(77-38-10-11-39-41(26-38)76-28-40(46(39)70)33-6-8-37(68)9-7-33)78-51(53(74,29-66)55(47,75)42(69)5-3-21-64)54(30-67,79-49(73)44(48(71)72)59-15-4-22-65)62-52(56)61-20-19-58-36-13-16-57-17-14-36/h6-12,18,22-28,36,42,44,47,50-51,57-60,64,66-69,74-75H,3-5,13-17,19-21,29-30H2,1-2H3,(H,71,72)(H3,56,61,62). The van der Waals surface area contributed by atoms with Gasteiger partial charge >= 0.3 is 11.9 Å². The van der Waals surface area contributed by atoms with Crippen LogP contribution in [0.25, 0.3) is 44.3 Å². The number of esters is 1. The van der Waals surface area contributed by atoms with Crippen molar-refractivity contribution in [2.75, 3.05) is 52.5 Å². The Morgan fingerprint density at radius 1 is 1.01 bits per heavy atom. The first-order valence-corrected chi connectivity index (χ1v) is 26.1. The molecule has 0 spiro atoms. The first-order valence-electron chi connectivity index (χ1n) is 26.1. The summed E-state index contributed by atoms with van der Waals surface area (Å²) >= 11 is 0. The van der Waals surface area contributed by atoms with Gasteiger partial charge in [0.2, 0.25) is 24.2 Å². The number of ether oxygens (including phenoxy) is 3. The van der Waals surface area contributed by atoms with E-state index >= 15 is 0 Å². The zero-order valence-corrected chi connectivity index (χ0v) is 44.0. The summed E-state index contributed by atoms with van der Waals surface area (Å²) in [6.07, 6.45) is -3.80. The van der Waals surface area contributed by atoms with E-state index in [0.717, 1.165) is 37.1 Å². The molecule has 0 saturated carbocycles. The molecular formula is C55H68N8O17. The van der Waals surface area contributed by atoms with Crippen molar-refractivity contribution in [2.24, 2.45) is 10.7 Å². The molecule has 3 aromatic carbocycles. The molecule has 3 aromatic heterocycles. The predicted octanol–water partition coefficient (Wildman–Crippen LogP) is 0.0307.